The molecule has 0 N–H and O–H groups in total. The van der Waals surface area contributed by atoms with E-state index in [2.05, 4.69) is 47.4 Å². The normalized spacial score (nSPS) is 19.6. The third-order valence-electron chi connectivity index (χ3n) is 8.71. The fourth-order valence-corrected chi connectivity index (χ4v) is 6.53. The number of rotatable bonds is 3. The average Bonchev–Trinajstić information content (AvgIpc) is 3.42. The maximum Gasteiger partial charge on any atom is 0.120 e. The van der Waals surface area contributed by atoms with Crippen molar-refractivity contribution in [3.63, 3.8) is 0 Å². The van der Waals surface area contributed by atoms with Crippen molar-refractivity contribution in [1.29, 1.82) is 0 Å². The first-order valence-corrected chi connectivity index (χ1v) is 14.0. The molecule has 3 aromatic carbocycles. The Labute approximate surface area is 249 Å². The molecule has 1 radical (unpaired) electrons. The van der Waals surface area contributed by atoms with Gasteiger partial charge in [-0.3, -0.25) is 0 Å². The molecule has 4 heteroatoms. The first-order chi connectivity index (χ1) is 19.3. The van der Waals surface area contributed by atoms with Crippen molar-refractivity contribution in [2.75, 3.05) is 0 Å². The summed E-state index contributed by atoms with van der Waals surface area (Å²) in [6, 6.07) is 37.1. The van der Waals surface area contributed by atoms with Crippen LogP contribution in [0.5, 0.6) is 0 Å². The number of aromatic nitrogens is 2. The number of fused-ring (bicyclic) bond motifs is 6. The number of para-hydroxylation sites is 1. The van der Waals surface area contributed by atoms with Crippen molar-refractivity contribution >= 4 is 21.9 Å². The summed E-state index contributed by atoms with van der Waals surface area (Å²) in [5, 5.41) is 2.30. The Morgan fingerprint density at radius 2 is 1.48 bits per heavy atom. The van der Waals surface area contributed by atoms with E-state index < -0.39 is 0 Å². The molecule has 3 saturated carbocycles. The number of furan rings is 1. The van der Waals surface area contributed by atoms with Crippen molar-refractivity contribution < 1.29 is 24.5 Å². The van der Waals surface area contributed by atoms with E-state index >= 15 is 0 Å². The van der Waals surface area contributed by atoms with Crippen LogP contribution in [0.3, 0.4) is 0 Å². The van der Waals surface area contributed by atoms with Gasteiger partial charge in [-0.05, 0) is 85.0 Å². The second-order valence-electron chi connectivity index (χ2n) is 10.9. The Hall–Kier alpha value is -3.59. The minimum Gasteiger partial charge on any atom is -0.501 e. The Balaban J connectivity index is 0.000000188. The van der Waals surface area contributed by atoms with Gasteiger partial charge in [0.1, 0.15) is 5.58 Å². The molecule has 0 aliphatic heterocycles. The zero-order valence-electron chi connectivity index (χ0n) is 22.3. The van der Waals surface area contributed by atoms with Gasteiger partial charge < -0.3 is 14.4 Å². The molecule has 0 saturated heterocycles. The molecule has 0 spiro atoms. The third-order valence-corrected chi connectivity index (χ3v) is 8.71. The Morgan fingerprint density at radius 3 is 2.25 bits per heavy atom. The van der Waals surface area contributed by atoms with Crippen LogP contribution in [0, 0.1) is 18.1 Å². The second kappa shape index (κ2) is 11.5. The molecule has 201 valence electrons. The van der Waals surface area contributed by atoms with Crippen LogP contribution < -0.4 is 0 Å². The first-order valence-electron chi connectivity index (χ1n) is 14.0. The molecule has 9 rings (SSSR count). The molecule has 0 unspecified atom stereocenters. The summed E-state index contributed by atoms with van der Waals surface area (Å²) in [6.07, 6.45) is 11.9. The summed E-state index contributed by atoms with van der Waals surface area (Å²) < 4.78 is 6.21. The van der Waals surface area contributed by atoms with Gasteiger partial charge in [0.25, 0.3) is 0 Å². The van der Waals surface area contributed by atoms with E-state index in [1.54, 1.807) is 6.20 Å². The van der Waals surface area contributed by atoms with Gasteiger partial charge in [-0.2, -0.15) is 0 Å². The quantitative estimate of drug-likeness (QED) is 0.173. The predicted octanol–water partition coefficient (Wildman–Crippen LogP) is 9.22. The van der Waals surface area contributed by atoms with Gasteiger partial charge in [0.15, 0.2) is 0 Å². The fraction of sp³-hybridized carbons (Fsp3) is 0.222. The van der Waals surface area contributed by atoms with Crippen molar-refractivity contribution in [3.05, 3.63) is 121 Å². The monoisotopic (exact) mass is 699 g/mol. The van der Waals surface area contributed by atoms with E-state index in [4.69, 9.17) is 9.40 Å². The van der Waals surface area contributed by atoms with Crippen molar-refractivity contribution in [2.45, 2.75) is 43.9 Å². The molecule has 2 bridgehead atoms. The van der Waals surface area contributed by atoms with E-state index in [1.807, 2.05) is 66.9 Å². The molecule has 0 atom stereocenters. The topological polar surface area (TPSA) is 38.9 Å². The van der Waals surface area contributed by atoms with E-state index in [0.717, 1.165) is 50.4 Å². The summed E-state index contributed by atoms with van der Waals surface area (Å²) in [5.74, 6) is 0.978. The van der Waals surface area contributed by atoms with E-state index in [-0.39, 0.29) is 20.1 Å². The smallest absolute Gasteiger partial charge is 0.120 e. The van der Waals surface area contributed by atoms with Gasteiger partial charge in [0.2, 0.25) is 0 Å². The number of hydrogen-bond donors (Lipinski definition) is 0. The van der Waals surface area contributed by atoms with Crippen LogP contribution >= 0.6 is 0 Å². The van der Waals surface area contributed by atoms with Crippen molar-refractivity contribution in [3.8, 4) is 22.5 Å². The molecule has 0 amide bonds. The van der Waals surface area contributed by atoms with Crippen LogP contribution in [0.2, 0.25) is 0 Å². The van der Waals surface area contributed by atoms with E-state index in [0.29, 0.717) is 5.41 Å². The van der Waals surface area contributed by atoms with Crippen LogP contribution in [0.1, 0.15) is 44.1 Å². The molecule has 3 aromatic heterocycles. The van der Waals surface area contributed by atoms with Gasteiger partial charge in [-0.25, -0.2) is 0 Å². The third kappa shape index (κ3) is 5.03. The maximum absolute atomic E-state index is 6.21. The molecule has 3 aliphatic carbocycles. The van der Waals surface area contributed by atoms with Gasteiger partial charge in [0.05, 0.1) is 5.58 Å². The molecule has 3 heterocycles. The first kappa shape index (κ1) is 26.6. The fourth-order valence-electron chi connectivity index (χ4n) is 6.53. The number of hydrogen-bond acceptors (Lipinski definition) is 3. The largest absolute Gasteiger partial charge is 0.501 e. The molecule has 40 heavy (non-hydrogen) atoms. The minimum atomic E-state index is 0. The summed E-state index contributed by atoms with van der Waals surface area (Å²) in [7, 11) is 0. The van der Waals surface area contributed by atoms with Crippen molar-refractivity contribution in [1.82, 2.24) is 9.97 Å². The summed E-state index contributed by atoms with van der Waals surface area (Å²) in [6.45, 7) is 0. The Bertz CT molecular complexity index is 1670. The van der Waals surface area contributed by atoms with Crippen LogP contribution in [0.25, 0.3) is 44.5 Å². The maximum atomic E-state index is 6.21. The van der Waals surface area contributed by atoms with Crippen LogP contribution in [0.15, 0.2) is 108 Å². The molecular formula is C36H30IrN2O-2. The van der Waals surface area contributed by atoms with Gasteiger partial charge in [0, 0.05) is 37.9 Å². The van der Waals surface area contributed by atoms with Crippen LogP contribution in [0.4, 0.5) is 0 Å². The molecule has 3 nitrogen and oxygen atoms in total. The number of pyridine rings is 2. The standard InChI is InChI=1S/C25H22NO.C11H8N.Ir/c1-2-7-23-19(4-1)20-5-3-6-21(24(20)27-23)22-16-18(11-15-26-22)25-12-8-17(9-13-25)10-14-25;1-2-6-10(7-3-1)11-8-4-5-9-12-11;/h1-5,7,11,15-17H,8-10,12-14H2;1-6,8-9H;/q2*-1;. The Morgan fingerprint density at radius 1 is 0.700 bits per heavy atom. The van der Waals surface area contributed by atoms with Gasteiger partial charge >= 0.3 is 0 Å². The van der Waals surface area contributed by atoms with Crippen LogP contribution in [-0.4, -0.2) is 9.97 Å². The van der Waals surface area contributed by atoms with Crippen LogP contribution in [-0.2, 0) is 25.5 Å². The zero-order chi connectivity index (χ0) is 26.1. The minimum absolute atomic E-state index is 0. The second-order valence-corrected chi connectivity index (χ2v) is 10.9. The molecule has 6 aromatic rings. The van der Waals surface area contributed by atoms with Gasteiger partial charge in [-0.1, -0.05) is 47.3 Å². The van der Waals surface area contributed by atoms with E-state index in [9.17, 15) is 0 Å². The summed E-state index contributed by atoms with van der Waals surface area (Å²) in [5.41, 5.74) is 7.63. The molecule has 3 fully saturated rings. The summed E-state index contributed by atoms with van der Waals surface area (Å²) >= 11 is 0. The number of nitrogens with zero attached hydrogens (tertiary/aromatic N) is 2. The summed E-state index contributed by atoms with van der Waals surface area (Å²) in [4.78, 5) is 8.93. The van der Waals surface area contributed by atoms with Gasteiger partial charge in [-0.15, -0.1) is 54.1 Å². The molecule has 3 aliphatic rings. The zero-order valence-corrected chi connectivity index (χ0v) is 24.7. The SMILES string of the molecule is [Ir].[c-]1ccc2c(oc3ccccc32)c1-c1cc(C23CCC(CC2)CC3)ccn1.[c-]1ccccc1-c1ccccn1. The van der Waals surface area contributed by atoms with E-state index in [1.165, 1.54) is 44.1 Å². The average molecular weight is 699 g/mol. The predicted molar refractivity (Wildman–Crippen MR) is 157 cm³/mol. The number of benzene rings is 3. The van der Waals surface area contributed by atoms with Crippen molar-refractivity contribution in [2.24, 2.45) is 5.92 Å². The Kier molecular flexibility index (Phi) is 7.65. The molecular weight excluding hydrogens is 669 g/mol.